The Bertz CT molecular complexity index is 1640. The molecule has 1 saturated heterocycles. The summed E-state index contributed by atoms with van der Waals surface area (Å²) in [6.45, 7) is 9.88. The molecule has 5 rings (SSSR count). The summed E-state index contributed by atoms with van der Waals surface area (Å²) in [5.41, 5.74) is 4.75. The molecule has 0 aliphatic carbocycles. The Balaban J connectivity index is 1.35. The summed E-state index contributed by atoms with van der Waals surface area (Å²) in [7, 11) is -3.49. The summed E-state index contributed by atoms with van der Waals surface area (Å²) in [6, 6.07) is 26.0. The highest BCUT2D eigenvalue weighted by atomic mass is 32.2. The molecule has 2 amide bonds. The smallest absolute Gasteiger partial charge is 0.317 e. The number of sulfone groups is 1. The zero-order chi connectivity index (χ0) is 30.6. The van der Waals surface area contributed by atoms with Crippen LogP contribution in [0, 0.1) is 12.8 Å². The van der Waals surface area contributed by atoms with Gasteiger partial charge in [-0.05, 0) is 74.2 Å². The SMILES string of the molecule is Cc1ccc(-n2nc(C(C)(C)C)cc2NC(=O)Nc2ccc(C(C3CCNCC3)S(=O)(=O)Cc3ccccc3)cc2)cc1. The first kappa shape index (κ1) is 30.5. The van der Waals surface area contributed by atoms with Crippen LogP contribution in [-0.2, 0) is 21.0 Å². The van der Waals surface area contributed by atoms with Gasteiger partial charge in [-0.1, -0.05) is 80.9 Å². The number of aromatic nitrogens is 2. The Hall–Kier alpha value is -3.95. The number of carbonyl (C=O) groups excluding carboxylic acids is 1. The van der Waals surface area contributed by atoms with Crippen LogP contribution >= 0.6 is 0 Å². The van der Waals surface area contributed by atoms with E-state index in [9.17, 15) is 13.2 Å². The molecule has 8 nitrogen and oxygen atoms in total. The third kappa shape index (κ3) is 7.53. The monoisotopic (exact) mass is 599 g/mol. The van der Waals surface area contributed by atoms with Gasteiger partial charge in [-0.15, -0.1) is 0 Å². The van der Waals surface area contributed by atoms with Crippen LogP contribution in [0.1, 0.15) is 61.2 Å². The van der Waals surface area contributed by atoms with Gasteiger partial charge in [0.1, 0.15) is 5.82 Å². The van der Waals surface area contributed by atoms with E-state index >= 15 is 0 Å². The summed E-state index contributed by atoms with van der Waals surface area (Å²) in [6.07, 6.45) is 1.60. The zero-order valence-corrected chi connectivity index (χ0v) is 26.1. The van der Waals surface area contributed by atoms with E-state index in [0.29, 0.717) is 11.5 Å². The molecule has 2 heterocycles. The summed E-state index contributed by atoms with van der Waals surface area (Å²) in [5, 5.41) is 13.4. The first-order chi connectivity index (χ1) is 20.5. The molecule has 4 aromatic rings. The molecule has 0 spiro atoms. The number of nitrogens with one attached hydrogen (secondary N) is 3. The van der Waals surface area contributed by atoms with Crippen molar-refractivity contribution in [3.05, 3.63) is 107 Å². The van der Waals surface area contributed by atoms with Crippen molar-refractivity contribution >= 4 is 27.4 Å². The van der Waals surface area contributed by atoms with Gasteiger partial charge in [-0.3, -0.25) is 5.32 Å². The second kappa shape index (κ2) is 12.7. The van der Waals surface area contributed by atoms with E-state index in [0.717, 1.165) is 54.0 Å². The molecule has 3 N–H and O–H groups in total. The molecule has 1 aliphatic heterocycles. The van der Waals surface area contributed by atoms with Crippen molar-refractivity contribution < 1.29 is 13.2 Å². The van der Waals surface area contributed by atoms with Gasteiger partial charge in [0, 0.05) is 17.2 Å². The van der Waals surface area contributed by atoms with Crippen LogP contribution < -0.4 is 16.0 Å². The maximum Gasteiger partial charge on any atom is 0.324 e. The zero-order valence-electron chi connectivity index (χ0n) is 25.3. The first-order valence-corrected chi connectivity index (χ1v) is 16.5. The predicted molar refractivity (Wildman–Crippen MR) is 173 cm³/mol. The molecule has 1 aliphatic rings. The lowest BCUT2D eigenvalue weighted by atomic mass is 9.90. The second-order valence-electron chi connectivity index (χ2n) is 12.4. The van der Waals surface area contributed by atoms with Crippen LogP contribution in [0.4, 0.5) is 16.3 Å². The fraction of sp³-hybridized carbons (Fsp3) is 0.353. The van der Waals surface area contributed by atoms with Gasteiger partial charge in [0.15, 0.2) is 9.84 Å². The molecule has 226 valence electrons. The van der Waals surface area contributed by atoms with Crippen LogP contribution in [0.25, 0.3) is 5.69 Å². The fourth-order valence-corrected chi connectivity index (χ4v) is 7.84. The van der Waals surface area contributed by atoms with Crippen molar-refractivity contribution in [3.8, 4) is 5.69 Å². The van der Waals surface area contributed by atoms with E-state index in [1.54, 1.807) is 16.8 Å². The third-order valence-corrected chi connectivity index (χ3v) is 10.1. The number of hydrogen-bond acceptors (Lipinski definition) is 5. The number of aryl methyl sites for hydroxylation is 1. The lowest BCUT2D eigenvalue weighted by Crippen LogP contribution is -2.34. The molecule has 0 radical (unpaired) electrons. The van der Waals surface area contributed by atoms with Crippen molar-refractivity contribution in [3.63, 3.8) is 0 Å². The molecule has 1 fully saturated rings. The van der Waals surface area contributed by atoms with E-state index in [1.165, 1.54) is 0 Å². The van der Waals surface area contributed by atoms with Crippen LogP contribution in [0.2, 0.25) is 0 Å². The summed E-state index contributed by atoms with van der Waals surface area (Å²) >= 11 is 0. The molecule has 3 aromatic carbocycles. The number of amides is 2. The molecule has 1 unspecified atom stereocenters. The van der Waals surface area contributed by atoms with Crippen molar-refractivity contribution in [1.29, 1.82) is 0 Å². The number of nitrogens with zero attached hydrogens (tertiary/aromatic N) is 2. The average Bonchev–Trinajstić information content (AvgIpc) is 3.39. The van der Waals surface area contributed by atoms with Gasteiger partial charge in [0.05, 0.1) is 22.4 Å². The minimum absolute atomic E-state index is 0.00391. The Morgan fingerprint density at radius 3 is 2.23 bits per heavy atom. The molecular formula is C34H41N5O3S. The van der Waals surface area contributed by atoms with Crippen molar-refractivity contribution in [2.24, 2.45) is 5.92 Å². The number of piperidine rings is 1. The maximum atomic E-state index is 13.8. The van der Waals surface area contributed by atoms with Crippen molar-refractivity contribution in [2.45, 2.75) is 57.0 Å². The van der Waals surface area contributed by atoms with Gasteiger partial charge < -0.3 is 10.6 Å². The number of hydrogen-bond donors (Lipinski definition) is 3. The standard InChI is InChI=1S/C34H41N5O3S/c1-24-10-16-29(17-11-24)39-31(22-30(38-39)34(2,3)4)37-33(40)36-28-14-12-26(13-15-28)32(27-18-20-35-21-19-27)43(41,42)23-25-8-6-5-7-9-25/h5-17,22,27,32,35H,18-21,23H2,1-4H3,(H2,36,37,40). The topological polar surface area (TPSA) is 105 Å². The normalized spacial score (nSPS) is 15.2. The van der Waals surface area contributed by atoms with E-state index in [4.69, 9.17) is 5.10 Å². The first-order valence-electron chi connectivity index (χ1n) is 14.8. The number of carbonyl (C=O) groups is 1. The van der Waals surface area contributed by atoms with Crippen LogP contribution in [-0.4, -0.2) is 37.3 Å². The van der Waals surface area contributed by atoms with Crippen LogP contribution in [0.5, 0.6) is 0 Å². The van der Waals surface area contributed by atoms with Crippen LogP contribution in [0.15, 0.2) is 84.9 Å². The Labute approximate surface area is 254 Å². The lowest BCUT2D eigenvalue weighted by Gasteiger charge is -2.31. The second-order valence-corrected chi connectivity index (χ2v) is 14.5. The van der Waals surface area contributed by atoms with Crippen LogP contribution in [0.3, 0.4) is 0 Å². The number of anilines is 2. The van der Waals surface area contributed by atoms with Crippen molar-refractivity contribution in [1.82, 2.24) is 15.1 Å². The largest absolute Gasteiger partial charge is 0.324 e. The molecule has 43 heavy (non-hydrogen) atoms. The summed E-state index contributed by atoms with van der Waals surface area (Å²) < 4.78 is 29.3. The average molecular weight is 600 g/mol. The lowest BCUT2D eigenvalue weighted by molar-refractivity contribution is 0.262. The summed E-state index contributed by atoms with van der Waals surface area (Å²) in [4.78, 5) is 13.1. The minimum atomic E-state index is -3.49. The molecule has 1 atom stereocenters. The molecule has 1 aromatic heterocycles. The van der Waals surface area contributed by atoms with E-state index in [2.05, 4.69) is 36.7 Å². The fourth-order valence-electron chi connectivity index (χ4n) is 5.57. The third-order valence-electron chi connectivity index (χ3n) is 7.90. The van der Waals surface area contributed by atoms with Gasteiger partial charge in [-0.2, -0.15) is 5.10 Å². The number of rotatable bonds is 8. The van der Waals surface area contributed by atoms with Gasteiger partial charge in [-0.25, -0.2) is 17.9 Å². The Kier molecular flexibility index (Phi) is 9.03. The quantitative estimate of drug-likeness (QED) is 0.207. The van der Waals surface area contributed by atoms with E-state index in [1.807, 2.05) is 79.7 Å². The molecule has 9 heteroatoms. The van der Waals surface area contributed by atoms with E-state index in [-0.39, 0.29) is 17.1 Å². The Morgan fingerprint density at radius 1 is 0.953 bits per heavy atom. The van der Waals surface area contributed by atoms with Gasteiger partial charge in [0.2, 0.25) is 0 Å². The molecular weight excluding hydrogens is 558 g/mol. The highest BCUT2D eigenvalue weighted by molar-refractivity contribution is 7.90. The maximum absolute atomic E-state index is 13.8. The van der Waals surface area contributed by atoms with Gasteiger partial charge >= 0.3 is 6.03 Å². The summed E-state index contributed by atoms with van der Waals surface area (Å²) in [5.74, 6) is 0.577. The highest BCUT2D eigenvalue weighted by Crippen LogP contribution is 2.38. The van der Waals surface area contributed by atoms with E-state index < -0.39 is 21.1 Å². The molecule has 0 bridgehead atoms. The number of urea groups is 1. The molecule has 0 saturated carbocycles. The predicted octanol–water partition coefficient (Wildman–Crippen LogP) is 6.78. The Morgan fingerprint density at radius 2 is 1.60 bits per heavy atom. The van der Waals surface area contributed by atoms with Gasteiger partial charge in [0.25, 0.3) is 0 Å². The highest BCUT2D eigenvalue weighted by Gasteiger charge is 2.35. The van der Waals surface area contributed by atoms with Crippen molar-refractivity contribution in [2.75, 3.05) is 23.7 Å². The minimum Gasteiger partial charge on any atom is -0.317 e. The number of benzene rings is 3.